The highest BCUT2D eigenvalue weighted by atomic mass is 79.9. The minimum absolute atomic E-state index is 0.274. The molecule has 1 aliphatic rings. The van der Waals surface area contributed by atoms with Crippen LogP contribution in [-0.4, -0.2) is 17.6 Å². The van der Waals surface area contributed by atoms with Gasteiger partial charge in [-0.2, -0.15) is 0 Å². The number of halogens is 1. The molecule has 1 aromatic rings. The molecule has 1 atom stereocenters. The number of hydrogen-bond donors (Lipinski definition) is 2. The van der Waals surface area contributed by atoms with E-state index >= 15 is 0 Å². The van der Waals surface area contributed by atoms with Crippen molar-refractivity contribution in [3.63, 3.8) is 0 Å². The van der Waals surface area contributed by atoms with E-state index in [2.05, 4.69) is 26.2 Å². The van der Waals surface area contributed by atoms with Gasteiger partial charge in [0.05, 0.1) is 5.69 Å². The van der Waals surface area contributed by atoms with Crippen molar-refractivity contribution in [2.24, 2.45) is 11.7 Å². The summed E-state index contributed by atoms with van der Waals surface area (Å²) in [5, 5.41) is 3.28. The SMILES string of the molecule is Cc1nc(NCC(N)C2CC2)ccc1Br. The molecule has 1 aliphatic carbocycles. The number of rotatable bonds is 4. The van der Waals surface area contributed by atoms with Gasteiger partial charge in [-0.05, 0) is 53.7 Å². The Hall–Kier alpha value is -0.610. The lowest BCUT2D eigenvalue weighted by Crippen LogP contribution is -2.31. The lowest BCUT2D eigenvalue weighted by molar-refractivity contribution is 0.620. The van der Waals surface area contributed by atoms with Gasteiger partial charge in [-0.25, -0.2) is 4.98 Å². The van der Waals surface area contributed by atoms with Crippen LogP contribution in [0.15, 0.2) is 16.6 Å². The summed E-state index contributed by atoms with van der Waals surface area (Å²) in [6.45, 7) is 2.80. The second kappa shape index (κ2) is 4.49. The molecule has 1 aromatic heterocycles. The average Bonchev–Trinajstić information content (AvgIpc) is 3.03. The Morgan fingerprint density at radius 2 is 2.33 bits per heavy atom. The van der Waals surface area contributed by atoms with E-state index < -0.39 is 0 Å². The standard InChI is InChI=1S/C11H16BrN3/c1-7-9(12)4-5-11(15-7)14-6-10(13)8-2-3-8/h4-5,8,10H,2-3,6,13H2,1H3,(H,14,15). The molecule has 0 radical (unpaired) electrons. The zero-order chi connectivity index (χ0) is 10.8. The third-order valence-electron chi connectivity index (χ3n) is 2.77. The zero-order valence-electron chi connectivity index (χ0n) is 8.83. The Kier molecular flexibility index (Phi) is 3.26. The van der Waals surface area contributed by atoms with Gasteiger partial charge in [0.1, 0.15) is 5.82 Å². The van der Waals surface area contributed by atoms with Gasteiger partial charge in [-0.3, -0.25) is 0 Å². The van der Waals surface area contributed by atoms with E-state index in [1.807, 2.05) is 19.1 Å². The highest BCUT2D eigenvalue weighted by Gasteiger charge is 2.28. The number of aromatic nitrogens is 1. The van der Waals surface area contributed by atoms with Crippen LogP contribution in [0.25, 0.3) is 0 Å². The Bertz CT molecular complexity index is 350. The van der Waals surface area contributed by atoms with E-state index in [4.69, 9.17) is 5.73 Å². The third-order valence-corrected chi connectivity index (χ3v) is 3.61. The first-order chi connectivity index (χ1) is 7.16. The van der Waals surface area contributed by atoms with Crippen LogP contribution in [-0.2, 0) is 0 Å². The summed E-state index contributed by atoms with van der Waals surface area (Å²) >= 11 is 3.43. The van der Waals surface area contributed by atoms with E-state index in [0.29, 0.717) is 0 Å². The van der Waals surface area contributed by atoms with E-state index in [1.165, 1.54) is 12.8 Å². The number of aryl methyl sites for hydroxylation is 1. The minimum Gasteiger partial charge on any atom is -0.368 e. The first kappa shape index (κ1) is 10.9. The van der Waals surface area contributed by atoms with Gasteiger partial charge >= 0.3 is 0 Å². The van der Waals surface area contributed by atoms with Gasteiger partial charge < -0.3 is 11.1 Å². The number of nitrogens with two attached hydrogens (primary N) is 1. The van der Waals surface area contributed by atoms with E-state index in [-0.39, 0.29) is 6.04 Å². The molecule has 1 saturated carbocycles. The van der Waals surface area contributed by atoms with Crippen molar-refractivity contribution in [3.8, 4) is 0 Å². The maximum atomic E-state index is 6.00. The van der Waals surface area contributed by atoms with Crippen molar-refractivity contribution in [1.82, 2.24) is 4.98 Å². The van der Waals surface area contributed by atoms with Crippen LogP contribution in [0.3, 0.4) is 0 Å². The molecule has 82 valence electrons. The molecule has 0 aliphatic heterocycles. The number of nitrogens with one attached hydrogen (secondary N) is 1. The molecule has 15 heavy (non-hydrogen) atoms. The quantitative estimate of drug-likeness (QED) is 0.882. The van der Waals surface area contributed by atoms with Crippen molar-refractivity contribution < 1.29 is 0 Å². The lowest BCUT2D eigenvalue weighted by Gasteiger charge is -2.12. The van der Waals surface area contributed by atoms with E-state index in [1.54, 1.807) is 0 Å². The molecule has 1 fully saturated rings. The fraction of sp³-hybridized carbons (Fsp3) is 0.545. The van der Waals surface area contributed by atoms with Gasteiger partial charge in [-0.15, -0.1) is 0 Å². The minimum atomic E-state index is 0.274. The van der Waals surface area contributed by atoms with Crippen molar-refractivity contribution in [1.29, 1.82) is 0 Å². The fourth-order valence-electron chi connectivity index (χ4n) is 1.56. The second-order valence-corrected chi connectivity index (χ2v) is 5.00. The number of nitrogens with zero attached hydrogens (tertiary/aromatic N) is 1. The fourth-order valence-corrected chi connectivity index (χ4v) is 1.78. The third kappa shape index (κ3) is 2.92. The normalized spacial score (nSPS) is 17.5. The maximum absolute atomic E-state index is 6.00. The van der Waals surface area contributed by atoms with Crippen LogP contribution in [0.5, 0.6) is 0 Å². The van der Waals surface area contributed by atoms with Gasteiger partial charge in [-0.1, -0.05) is 0 Å². The molecule has 0 aromatic carbocycles. The molecule has 2 rings (SSSR count). The smallest absolute Gasteiger partial charge is 0.126 e. The first-order valence-corrected chi connectivity index (χ1v) is 6.08. The van der Waals surface area contributed by atoms with E-state index in [0.717, 1.165) is 28.4 Å². The van der Waals surface area contributed by atoms with Gasteiger partial charge in [0.25, 0.3) is 0 Å². The van der Waals surface area contributed by atoms with Crippen LogP contribution in [0.4, 0.5) is 5.82 Å². The molecule has 0 amide bonds. The maximum Gasteiger partial charge on any atom is 0.126 e. The summed E-state index contributed by atoms with van der Waals surface area (Å²) in [7, 11) is 0. The van der Waals surface area contributed by atoms with Gasteiger partial charge in [0.2, 0.25) is 0 Å². The Morgan fingerprint density at radius 3 is 2.93 bits per heavy atom. The van der Waals surface area contributed by atoms with Crippen LogP contribution in [0, 0.1) is 12.8 Å². The Labute approximate surface area is 98.6 Å². The number of anilines is 1. The topological polar surface area (TPSA) is 50.9 Å². The predicted molar refractivity (Wildman–Crippen MR) is 65.9 cm³/mol. The van der Waals surface area contributed by atoms with Crippen molar-refractivity contribution in [2.45, 2.75) is 25.8 Å². The molecular formula is C11H16BrN3. The van der Waals surface area contributed by atoms with Crippen LogP contribution in [0.1, 0.15) is 18.5 Å². The molecular weight excluding hydrogens is 254 g/mol. The molecule has 1 unspecified atom stereocenters. The summed E-state index contributed by atoms with van der Waals surface area (Å²) in [6, 6.07) is 4.25. The molecule has 4 heteroatoms. The number of pyridine rings is 1. The van der Waals surface area contributed by atoms with Crippen LogP contribution >= 0.6 is 15.9 Å². The highest BCUT2D eigenvalue weighted by molar-refractivity contribution is 9.10. The zero-order valence-corrected chi connectivity index (χ0v) is 10.4. The van der Waals surface area contributed by atoms with Crippen molar-refractivity contribution >= 4 is 21.7 Å². The van der Waals surface area contributed by atoms with Crippen LogP contribution < -0.4 is 11.1 Å². The van der Waals surface area contributed by atoms with Crippen molar-refractivity contribution in [2.75, 3.05) is 11.9 Å². The largest absolute Gasteiger partial charge is 0.368 e. The van der Waals surface area contributed by atoms with Gasteiger partial charge in [0.15, 0.2) is 0 Å². The summed E-state index contributed by atoms with van der Waals surface area (Å²) in [6.07, 6.45) is 2.57. The summed E-state index contributed by atoms with van der Waals surface area (Å²) in [5.74, 6) is 1.64. The molecule has 1 heterocycles. The Morgan fingerprint density at radius 1 is 1.60 bits per heavy atom. The van der Waals surface area contributed by atoms with Crippen LogP contribution in [0.2, 0.25) is 0 Å². The predicted octanol–water partition coefficient (Wildman–Crippen LogP) is 2.30. The number of hydrogen-bond acceptors (Lipinski definition) is 3. The average molecular weight is 270 g/mol. The van der Waals surface area contributed by atoms with Gasteiger partial charge in [0, 0.05) is 17.1 Å². The molecule has 0 bridgehead atoms. The molecule has 3 nitrogen and oxygen atoms in total. The summed E-state index contributed by atoms with van der Waals surface area (Å²) in [5.41, 5.74) is 7.00. The Balaban J connectivity index is 1.89. The molecule has 3 N–H and O–H groups in total. The monoisotopic (exact) mass is 269 g/mol. The lowest BCUT2D eigenvalue weighted by atomic mass is 10.2. The molecule has 0 spiro atoms. The second-order valence-electron chi connectivity index (χ2n) is 4.15. The summed E-state index contributed by atoms with van der Waals surface area (Å²) in [4.78, 5) is 4.41. The highest BCUT2D eigenvalue weighted by Crippen LogP contribution is 2.31. The van der Waals surface area contributed by atoms with Crippen molar-refractivity contribution in [3.05, 3.63) is 22.3 Å². The van der Waals surface area contributed by atoms with E-state index in [9.17, 15) is 0 Å². The first-order valence-electron chi connectivity index (χ1n) is 5.29. The summed E-state index contributed by atoms with van der Waals surface area (Å²) < 4.78 is 1.04. The molecule has 0 saturated heterocycles.